The highest BCUT2D eigenvalue weighted by Gasteiger charge is 2.39. The minimum atomic E-state index is -0.575. The highest BCUT2D eigenvalue weighted by molar-refractivity contribution is 5.79. The Morgan fingerprint density at radius 1 is 1.21 bits per heavy atom. The average Bonchev–Trinajstić information content (AvgIpc) is 3.46. The largest absolute Gasteiger partial charge is 0.483 e. The van der Waals surface area contributed by atoms with Gasteiger partial charge in [0.05, 0.1) is 42.9 Å². The number of rotatable bonds is 5. The van der Waals surface area contributed by atoms with Gasteiger partial charge in [0.1, 0.15) is 11.9 Å². The van der Waals surface area contributed by atoms with Gasteiger partial charge >= 0.3 is 6.03 Å². The highest BCUT2D eigenvalue weighted by atomic mass is 19.1. The van der Waals surface area contributed by atoms with Crippen molar-refractivity contribution in [1.29, 1.82) is 0 Å². The van der Waals surface area contributed by atoms with Crippen molar-refractivity contribution in [3.63, 3.8) is 0 Å². The Kier molecular flexibility index (Phi) is 5.45. The van der Waals surface area contributed by atoms with Crippen molar-refractivity contribution in [1.82, 2.24) is 29.7 Å². The van der Waals surface area contributed by atoms with Crippen molar-refractivity contribution in [2.24, 2.45) is 5.10 Å². The number of hydrogen-bond donors (Lipinski definition) is 0. The number of likely N-dealkylation sites (tertiary alicyclic amines) is 1. The molecule has 1 fully saturated rings. The Bertz CT molecular complexity index is 1210. The van der Waals surface area contributed by atoms with Gasteiger partial charge < -0.3 is 9.64 Å². The van der Waals surface area contributed by atoms with E-state index in [4.69, 9.17) is 4.74 Å². The van der Waals surface area contributed by atoms with E-state index in [1.807, 2.05) is 6.92 Å². The first-order chi connectivity index (χ1) is 16.0. The van der Waals surface area contributed by atoms with Crippen LogP contribution in [-0.2, 0) is 6.54 Å². The van der Waals surface area contributed by atoms with Crippen molar-refractivity contribution >= 4 is 12.2 Å². The minimum Gasteiger partial charge on any atom is -0.483 e. The number of amides is 2. The second kappa shape index (κ2) is 8.57. The fourth-order valence-electron chi connectivity index (χ4n) is 3.93. The number of aryl methyl sites for hydroxylation is 1. The third-order valence-electron chi connectivity index (χ3n) is 5.65. The van der Waals surface area contributed by atoms with Crippen molar-refractivity contribution in [3.05, 3.63) is 60.2 Å². The molecule has 5 rings (SSSR count). The molecular weight excluding hydrogens is 432 g/mol. The smallest absolute Gasteiger partial charge is 0.341 e. The summed E-state index contributed by atoms with van der Waals surface area (Å²) in [5, 5.41) is 9.69. The number of halogens is 2. The van der Waals surface area contributed by atoms with Crippen LogP contribution in [0.3, 0.4) is 0 Å². The number of aromatic nitrogens is 4. The van der Waals surface area contributed by atoms with Crippen LogP contribution in [0.25, 0.3) is 11.4 Å². The van der Waals surface area contributed by atoms with Crippen molar-refractivity contribution in [2.45, 2.75) is 32.0 Å². The summed E-state index contributed by atoms with van der Waals surface area (Å²) in [6, 6.07) is 3.96. The molecule has 0 N–H and O–H groups in total. The van der Waals surface area contributed by atoms with Gasteiger partial charge in [0.2, 0.25) is 0 Å². The lowest BCUT2D eigenvalue weighted by Gasteiger charge is -2.41. The lowest BCUT2D eigenvalue weighted by molar-refractivity contribution is 0.0256. The minimum absolute atomic E-state index is 0.0730. The van der Waals surface area contributed by atoms with Crippen LogP contribution in [0, 0.1) is 11.6 Å². The highest BCUT2D eigenvalue weighted by Crippen LogP contribution is 2.31. The first kappa shape index (κ1) is 21.0. The lowest BCUT2D eigenvalue weighted by atomic mass is 10.1. The van der Waals surface area contributed by atoms with Crippen LogP contribution in [0.15, 0.2) is 48.1 Å². The quantitative estimate of drug-likeness (QED) is 0.592. The van der Waals surface area contributed by atoms with E-state index in [0.717, 1.165) is 18.1 Å². The zero-order valence-electron chi connectivity index (χ0n) is 17.8. The van der Waals surface area contributed by atoms with Crippen LogP contribution in [0.5, 0.6) is 5.75 Å². The van der Waals surface area contributed by atoms with E-state index < -0.39 is 17.7 Å². The van der Waals surface area contributed by atoms with Crippen molar-refractivity contribution in [3.8, 4) is 17.1 Å². The molecule has 11 heteroatoms. The summed E-state index contributed by atoms with van der Waals surface area (Å²) in [5.41, 5.74) is 1.89. The SMILES string of the molecule is CCn1nccc1-c1cc(OC2CN(C(=O)N3N=CC[C@H]3c3cncc(F)c3)C2)c(F)cn1. The summed E-state index contributed by atoms with van der Waals surface area (Å²) in [6.45, 7) is 3.17. The first-order valence-corrected chi connectivity index (χ1v) is 10.6. The van der Waals surface area contributed by atoms with Gasteiger partial charge in [-0.3, -0.25) is 14.6 Å². The molecule has 0 unspecified atom stereocenters. The van der Waals surface area contributed by atoms with Crippen LogP contribution in [0.2, 0.25) is 0 Å². The molecule has 5 heterocycles. The molecule has 0 radical (unpaired) electrons. The van der Waals surface area contributed by atoms with Crippen LogP contribution < -0.4 is 4.74 Å². The molecule has 1 saturated heterocycles. The molecule has 0 spiro atoms. The van der Waals surface area contributed by atoms with E-state index >= 15 is 0 Å². The molecule has 9 nitrogen and oxygen atoms in total. The fraction of sp³-hybridized carbons (Fsp3) is 0.318. The Labute approximate surface area is 188 Å². The third-order valence-corrected chi connectivity index (χ3v) is 5.65. The molecule has 0 saturated carbocycles. The third kappa shape index (κ3) is 4.01. The molecule has 0 bridgehead atoms. The van der Waals surface area contributed by atoms with Gasteiger partial charge in [0.25, 0.3) is 0 Å². The normalized spacial score (nSPS) is 18.0. The number of carbonyl (C=O) groups excluding carboxylic acids is 1. The first-order valence-electron chi connectivity index (χ1n) is 10.6. The molecule has 3 aromatic rings. The second-order valence-corrected chi connectivity index (χ2v) is 7.79. The summed E-state index contributed by atoms with van der Waals surface area (Å²) in [4.78, 5) is 22.5. The van der Waals surface area contributed by atoms with Gasteiger partial charge in [0, 0.05) is 37.6 Å². The molecule has 170 valence electrons. The summed E-state index contributed by atoms with van der Waals surface area (Å²) < 4.78 is 35.5. The number of nitrogens with zero attached hydrogens (tertiary/aromatic N) is 7. The zero-order chi connectivity index (χ0) is 22.9. The maximum atomic E-state index is 14.3. The molecule has 2 amide bonds. The van der Waals surface area contributed by atoms with E-state index in [2.05, 4.69) is 20.2 Å². The van der Waals surface area contributed by atoms with Gasteiger partial charge in [-0.2, -0.15) is 10.2 Å². The van der Waals surface area contributed by atoms with E-state index in [1.165, 1.54) is 17.3 Å². The standard InChI is InChI=1S/C22H21F2N7O2/c1-2-30-20(4-5-27-30)18-8-21(17(24)11-26-18)33-16-12-29(13-16)22(32)31-19(3-6-28-31)14-7-15(23)10-25-9-14/h4-11,16,19H,2-3,12-13H2,1H3/t19-/m0/s1. The van der Waals surface area contributed by atoms with E-state index in [1.54, 1.807) is 34.1 Å². The van der Waals surface area contributed by atoms with Crippen molar-refractivity contribution in [2.75, 3.05) is 13.1 Å². The fourth-order valence-corrected chi connectivity index (χ4v) is 3.93. The number of hydrogen-bond acceptors (Lipinski definition) is 6. The summed E-state index contributed by atoms with van der Waals surface area (Å²) >= 11 is 0. The molecule has 0 aliphatic carbocycles. The lowest BCUT2D eigenvalue weighted by Crippen LogP contribution is -2.58. The van der Waals surface area contributed by atoms with Crippen LogP contribution in [0.4, 0.5) is 13.6 Å². The molecule has 2 aliphatic heterocycles. The van der Waals surface area contributed by atoms with Crippen LogP contribution >= 0.6 is 0 Å². The molecule has 2 aliphatic rings. The van der Waals surface area contributed by atoms with E-state index in [-0.39, 0.29) is 31.0 Å². The van der Waals surface area contributed by atoms with Gasteiger partial charge in [0.15, 0.2) is 11.6 Å². The summed E-state index contributed by atoms with van der Waals surface area (Å²) in [5.74, 6) is -0.970. The number of hydrazone groups is 1. The predicted octanol–water partition coefficient (Wildman–Crippen LogP) is 3.25. The molecule has 1 atom stereocenters. The van der Waals surface area contributed by atoms with Gasteiger partial charge in [-0.1, -0.05) is 0 Å². The molecule has 0 aromatic carbocycles. The van der Waals surface area contributed by atoms with Crippen LogP contribution in [0.1, 0.15) is 24.9 Å². The number of carbonyl (C=O) groups is 1. The topological polar surface area (TPSA) is 88.7 Å². The average molecular weight is 453 g/mol. The maximum Gasteiger partial charge on any atom is 0.341 e. The van der Waals surface area contributed by atoms with Gasteiger partial charge in [-0.15, -0.1) is 0 Å². The monoisotopic (exact) mass is 453 g/mol. The second-order valence-electron chi connectivity index (χ2n) is 7.79. The predicted molar refractivity (Wildman–Crippen MR) is 114 cm³/mol. The molecule has 3 aromatic heterocycles. The van der Waals surface area contributed by atoms with E-state index in [9.17, 15) is 13.6 Å². The van der Waals surface area contributed by atoms with Gasteiger partial charge in [-0.05, 0) is 24.6 Å². The number of urea groups is 1. The Balaban J connectivity index is 1.23. The van der Waals surface area contributed by atoms with Gasteiger partial charge in [-0.25, -0.2) is 18.6 Å². The Morgan fingerprint density at radius 2 is 2.06 bits per heavy atom. The Morgan fingerprint density at radius 3 is 2.85 bits per heavy atom. The number of pyridine rings is 2. The number of ether oxygens (including phenoxy) is 1. The van der Waals surface area contributed by atoms with Crippen LogP contribution in [-0.4, -0.2) is 61.1 Å². The Hall–Kier alpha value is -3.89. The molecule has 33 heavy (non-hydrogen) atoms. The maximum absolute atomic E-state index is 14.3. The zero-order valence-corrected chi connectivity index (χ0v) is 17.8. The summed E-state index contributed by atoms with van der Waals surface area (Å²) in [7, 11) is 0. The summed E-state index contributed by atoms with van der Waals surface area (Å²) in [6.07, 6.45) is 7.15. The molecular formula is C22H21F2N7O2. The van der Waals surface area contributed by atoms with Crippen molar-refractivity contribution < 1.29 is 18.3 Å². The van der Waals surface area contributed by atoms with E-state index in [0.29, 0.717) is 24.2 Å².